The largest absolute Gasteiger partial charge is 0.358 e. The van der Waals surface area contributed by atoms with Gasteiger partial charge in [0.15, 0.2) is 0 Å². The zero-order chi connectivity index (χ0) is 11.4. The highest BCUT2D eigenvalue weighted by Crippen LogP contribution is 2.28. The van der Waals surface area contributed by atoms with Crippen molar-refractivity contribution < 1.29 is 4.79 Å². The van der Waals surface area contributed by atoms with E-state index in [1.165, 1.54) is 25.7 Å². The first-order valence-corrected chi connectivity index (χ1v) is 6.45. The van der Waals surface area contributed by atoms with Gasteiger partial charge < -0.3 is 10.6 Å². The highest BCUT2D eigenvalue weighted by molar-refractivity contribution is 5.77. The average molecular weight is 225 g/mol. The summed E-state index contributed by atoms with van der Waals surface area (Å²) in [4.78, 5) is 13.8. The third-order valence-corrected chi connectivity index (χ3v) is 3.64. The summed E-state index contributed by atoms with van der Waals surface area (Å²) < 4.78 is 0. The fourth-order valence-electron chi connectivity index (χ4n) is 2.44. The second kappa shape index (κ2) is 5.64. The Balaban J connectivity index is 1.79. The number of carbonyl (C=O) groups is 1. The molecule has 2 N–H and O–H groups in total. The molecule has 0 spiro atoms. The summed E-state index contributed by atoms with van der Waals surface area (Å²) in [6.45, 7) is 3.98. The van der Waals surface area contributed by atoms with E-state index in [-0.39, 0.29) is 5.91 Å². The minimum atomic E-state index is 0.154. The molecular weight excluding hydrogens is 202 g/mol. The van der Waals surface area contributed by atoms with Gasteiger partial charge in [0.25, 0.3) is 0 Å². The van der Waals surface area contributed by atoms with Crippen molar-refractivity contribution in [2.75, 3.05) is 33.2 Å². The summed E-state index contributed by atoms with van der Waals surface area (Å²) in [5.41, 5.74) is 0. The highest BCUT2D eigenvalue weighted by atomic mass is 16.1. The smallest absolute Gasteiger partial charge is 0.233 e. The number of nitrogens with zero attached hydrogens (tertiary/aromatic N) is 1. The summed E-state index contributed by atoms with van der Waals surface area (Å²) in [6.07, 6.45) is 5.08. The van der Waals surface area contributed by atoms with E-state index < -0.39 is 0 Å². The molecule has 1 saturated carbocycles. The van der Waals surface area contributed by atoms with Crippen LogP contribution in [-0.4, -0.2) is 50.1 Å². The zero-order valence-electron chi connectivity index (χ0n) is 10.2. The minimum Gasteiger partial charge on any atom is -0.358 e. The van der Waals surface area contributed by atoms with E-state index in [0.29, 0.717) is 12.6 Å². The van der Waals surface area contributed by atoms with Crippen molar-refractivity contribution in [1.82, 2.24) is 15.5 Å². The Hall–Kier alpha value is -0.610. The van der Waals surface area contributed by atoms with E-state index >= 15 is 0 Å². The van der Waals surface area contributed by atoms with Crippen LogP contribution >= 0.6 is 0 Å². The molecule has 4 heteroatoms. The van der Waals surface area contributed by atoms with Gasteiger partial charge in [-0.3, -0.25) is 9.69 Å². The van der Waals surface area contributed by atoms with Crippen molar-refractivity contribution in [2.45, 2.75) is 31.7 Å². The van der Waals surface area contributed by atoms with Gasteiger partial charge in [-0.25, -0.2) is 0 Å². The Labute approximate surface area is 97.8 Å². The zero-order valence-corrected chi connectivity index (χ0v) is 10.2. The summed E-state index contributed by atoms with van der Waals surface area (Å²) in [7, 11) is 1.72. The van der Waals surface area contributed by atoms with Crippen molar-refractivity contribution in [2.24, 2.45) is 5.92 Å². The third kappa shape index (κ3) is 3.46. The molecule has 1 saturated heterocycles. The number of nitrogens with one attached hydrogen (secondary N) is 2. The van der Waals surface area contributed by atoms with Gasteiger partial charge in [0.1, 0.15) is 0 Å². The first kappa shape index (κ1) is 11.9. The Morgan fingerprint density at radius 1 is 1.31 bits per heavy atom. The standard InChI is InChI=1S/C12H23N3O/c1-13-12(16)9-15(11-2-3-11)8-10-4-6-14-7-5-10/h10-11,14H,2-9H2,1H3,(H,13,16). The van der Waals surface area contributed by atoms with E-state index in [1.54, 1.807) is 7.05 Å². The first-order valence-electron chi connectivity index (χ1n) is 6.45. The number of carbonyl (C=O) groups excluding carboxylic acids is 1. The maximum Gasteiger partial charge on any atom is 0.233 e. The molecule has 0 radical (unpaired) electrons. The molecule has 0 unspecified atom stereocenters. The topological polar surface area (TPSA) is 44.4 Å². The molecule has 16 heavy (non-hydrogen) atoms. The van der Waals surface area contributed by atoms with Crippen LogP contribution in [0, 0.1) is 5.92 Å². The van der Waals surface area contributed by atoms with Crippen molar-refractivity contribution in [3.05, 3.63) is 0 Å². The van der Waals surface area contributed by atoms with Crippen LogP contribution in [0.3, 0.4) is 0 Å². The Morgan fingerprint density at radius 3 is 2.56 bits per heavy atom. The van der Waals surface area contributed by atoms with Gasteiger partial charge in [-0.15, -0.1) is 0 Å². The Morgan fingerprint density at radius 2 is 2.00 bits per heavy atom. The second-order valence-corrected chi connectivity index (χ2v) is 5.03. The molecule has 2 fully saturated rings. The number of piperidine rings is 1. The van der Waals surface area contributed by atoms with Gasteiger partial charge in [0, 0.05) is 19.6 Å². The number of hydrogen-bond donors (Lipinski definition) is 2. The van der Waals surface area contributed by atoms with Gasteiger partial charge >= 0.3 is 0 Å². The number of hydrogen-bond acceptors (Lipinski definition) is 3. The summed E-state index contributed by atoms with van der Waals surface area (Å²) >= 11 is 0. The van der Waals surface area contributed by atoms with E-state index in [9.17, 15) is 4.79 Å². The average Bonchev–Trinajstić information content (AvgIpc) is 3.13. The lowest BCUT2D eigenvalue weighted by Crippen LogP contribution is -2.42. The van der Waals surface area contributed by atoms with Crippen LogP contribution in [0.25, 0.3) is 0 Å². The summed E-state index contributed by atoms with van der Waals surface area (Å²) in [5, 5.41) is 6.11. The Bertz CT molecular complexity index is 234. The van der Waals surface area contributed by atoms with Crippen LogP contribution in [0.4, 0.5) is 0 Å². The first-order chi connectivity index (χ1) is 7.79. The van der Waals surface area contributed by atoms with Crippen LogP contribution in [0.15, 0.2) is 0 Å². The molecular formula is C12H23N3O. The molecule has 0 aromatic rings. The molecule has 2 aliphatic rings. The lowest BCUT2D eigenvalue weighted by Gasteiger charge is -2.29. The van der Waals surface area contributed by atoms with Crippen molar-refractivity contribution >= 4 is 5.91 Å². The molecule has 2 rings (SSSR count). The van der Waals surface area contributed by atoms with E-state index in [4.69, 9.17) is 0 Å². The van der Waals surface area contributed by atoms with Gasteiger partial charge in [-0.05, 0) is 44.7 Å². The fourth-order valence-corrected chi connectivity index (χ4v) is 2.44. The van der Waals surface area contributed by atoms with Gasteiger partial charge in [-0.1, -0.05) is 0 Å². The molecule has 0 bridgehead atoms. The van der Waals surface area contributed by atoms with Crippen molar-refractivity contribution in [3.8, 4) is 0 Å². The molecule has 1 heterocycles. The monoisotopic (exact) mass is 225 g/mol. The normalized spacial score (nSPS) is 22.4. The SMILES string of the molecule is CNC(=O)CN(CC1CCNCC1)C1CC1. The van der Waals surface area contributed by atoms with Crippen LogP contribution in [0.5, 0.6) is 0 Å². The summed E-state index contributed by atoms with van der Waals surface area (Å²) in [6, 6.07) is 0.687. The van der Waals surface area contributed by atoms with Crippen molar-refractivity contribution in [1.29, 1.82) is 0 Å². The molecule has 92 valence electrons. The quantitative estimate of drug-likeness (QED) is 0.702. The predicted octanol–water partition coefficient (Wildman–Crippen LogP) is 0.196. The maximum atomic E-state index is 11.4. The van der Waals surface area contributed by atoms with Crippen LogP contribution in [-0.2, 0) is 4.79 Å². The minimum absolute atomic E-state index is 0.154. The lowest BCUT2D eigenvalue weighted by molar-refractivity contribution is -0.122. The highest BCUT2D eigenvalue weighted by Gasteiger charge is 2.31. The number of likely N-dealkylation sites (N-methyl/N-ethyl adjacent to an activating group) is 1. The van der Waals surface area contributed by atoms with Crippen LogP contribution in [0.2, 0.25) is 0 Å². The lowest BCUT2D eigenvalue weighted by atomic mass is 9.97. The van der Waals surface area contributed by atoms with E-state index in [2.05, 4.69) is 15.5 Å². The fraction of sp³-hybridized carbons (Fsp3) is 0.917. The van der Waals surface area contributed by atoms with Gasteiger partial charge in [-0.2, -0.15) is 0 Å². The molecule has 1 aliphatic carbocycles. The maximum absolute atomic E-state index is 11.4. The van der Waals surface area contributed by atoms with Gasteiger partial charge in [0.05, 0.1) is 6.54 Å². The van der Waals surface area contributed by atoms with Crippen molar-refractivity contribution in [3.63, 3.8) is 0 Å². The number of amides is 1. The molecule has 1 aliphatic heterocycles. The van der Waals surface area contributed by atoms with E-state index in [0.717, 1.165) is 25.6 Å². The molecule has 0 aromatic heterocycles. The third-order valence-electron chi connectivity index (χ3n) is 3.64. The van der Waals surface area contributed by atoms with Crippen LogP contribution < -0.4 is 10.6 Å². The number of rotatable bonds is 5. The second-order valence-electron chi connectivity index (χ2n) is 5.03. The Kier molecular flexibility index (Phi) is 4.18. The molecule has 0 atom stereocenters. The van der Waals surface area contributed by atoms with E-state index in [1.807, 2.05) is 0 Å². The predicted molar refractivity (Wildman–Crippen MR) is 64.3 cm³/mol. The molecule has 0 aromatic carbocycles. The molecule has 1 amide bonds. The van der Waals surface area contributed by atoms with Crippen LogP contribution in [0.1, 0.15) is 25.7 Å². The van der Waals surface area contributed by atoms with Gasteiger partial charge in [0.2, 0.25) is 5.91 Å². The summed E-state index contributed by atoms with van der Waals surface area (Å²) in [5.74, 6) is 0.937. The molecule has 4 nitrogen and oxygen atoms in total.